The Morgan fingerprint density at radius 3 is 2.48 bits per heavy atom. The van der Waals surface area contributed by atoms with Gasteiger partial charge in [-0.1, -0.05) is 57.5 Å². The Bertz CT molecular complexity index is 1170. The molecule has 1 aliphatic heterocycles. The van der Waals surface area contributed by atoms with Gasteiger partial charge in [-0.2, -0.15) is 0 Å². The molecule has 1 saturated heterocycles. The van der Waals surface area contributed by atoms with E-state index in [1.165, 1.54) is 11.3 Å². The van der Waals surface area contributed by atoms with Crippen LogP contribution < -0.4 is 10.6 Å². The molecule has 3 amide bonds. The Kier molecular flexibility index (Phi) is 14.2. The van der Waals surface area contributed by atoms with E-state index in [9.17, 15) is 14.4 Å². The van der Waals surface area contributed by atoms with Gasteiger partial charge >= 0.3 is 0 Å². The molecule has 1 aromatic heterocycles. The van der Waals surface area contributed by atoms with Gasteiger partial charge in [0.05, 0.1) is 49.2 Å². The van der Waals surface area contributed by atoms with Gasteiger partial charge in [-0.3, -0.25) is 14.4 Å². The van der Waals surface area contributed by atoms with Gasteiger partial charge in [0.15, 0.2) is 0 Å². The van der Waals surface area contributed by atoms with Crippen molar-refractivity contribution in [1.82, 2.24) is 25.4 Å². The predicted octanol–water partition coefficient (Wildman–Crippen LogP) is 3.68. The highest BCUT2D eigenvalue weighted by molar-refractivity contribution is 7.09. The number of ether oxygens (including phenoxy) is 2. The van der Waals surface area contributed by atoms with Crippen LogP contribution >= 0.6 is 11.3 Å². The standard InChI is InChI=1S/C33H51N5O5S/c1-8-22(2)30(37(5)29(40)21-34-4)27(42-6)20-28(39)38-17-12-15-26(38)31(43-7)23(3)32(41)36-25(33-35-16-18-44-33)19-24-13-10-9-11-14-24/h9-11,13-14,16,18,22-23,25-27,30-31,34H,8,12,15,17,19-21H2,1-7H3,(H,36,41). The van der Waals surface area contributed by atoms with Crippen LogP contribution in [0.3, 0.4) is 0 Å². The van der Waals surface area contributed by atoms with Crippen molar-refractivity contribution < 1.29 is 23.9 Å². The van der Waals surface area contributed by atoms with Crippen molar-refractivity contribution in [2.75, 3.05) is 41.4 Å². The van der Waals surface area contributed by atoms with Crippen molar-refractivity contribution in [3.8, 4) is 0 Å². The molecule has 2 aromatic rings. The second kappa shape index (κ2) is 17.6. The fourth-order valence-corrected chi connectivity index (χ4v) is 7.05. The number of hydrogen-bond donors (Lipinski definition) is 2. The Morgan fingerprint density at radius 1 is 1.16 bits per heavy atom. The van der Waals surface area contributed by atoms with E-state index in [0.29, 0.717) is 13.0 Å². The van der Waals surface area contributed by atoms with Crippen LogP contribution in [-0.2, 0) is 30.3 Å². The molecule has 3 rings (SSSR count). The van der Waals surface area contributed by atoms with Crippen molar-refractivity contribution in [2.24, 2.45) is 11.8 Å². The summed E-state index contributed by atoms with van der Waals surface area (Å²) in [6.45, 7) is 6.83. The number of benzene rings is 1. The average Bonchev–Trinajstić information content (AvgIpc) is 3.74. The number of thiazole rings is 1. The number of likely N-dealkylation sites (N-methyl/N-ethyl adjacent to an activating group) is 2. The van der Waals surface area contributed by atoms with Gasteiger partial charge in [0.1, 0.15) is 5.01 Å². The molecule has 2 heterocycles. The van der Waals surface area contributed by atoms with Gasteiger partial charge in [-0.05, 0) is 37.8 Å². The number of carbonyl (C=O) groups excluding carboxylic acids is 3. The highest BCUT2D eigenvalue weighted by atomic mass is 32.1. The van der Waals surface area contributed by atoms with Gasteiger partial charge in [0.2, 0.25) is 17.7 Å². The van der Waals surface area contributed by atoms with Crippen molar-refractivity contribution in [3.05, 3.63) is 52.5 Å². The Morgan fingerprint density at radius 2 is 1.89 bits per heavy atom. The van der Waals surface area contributed by atoms with Crippen molar-refractivity contribution >= 4 is 29.1 Å². The number of nitrogens with zero attached hydrogens (tertiary/aromatic N) is 3. The van der Waals surface area contributed by atoms with Gasteiger partial charge in [0, 0.05) is 39.4 Å². The normalized spacial score (nSPS) is 19.1. The number of aromatic nitrogens is 1. The molecule has 1 aliphatic rings. The van der Waals surface area contributed by atoms with Crippen LogP contribution in [0.25, 0.3) is 0 Å². The van der Waals surface area contributed by atoms with Crippen molar-refractivity contribution in [2.45, 2.75) is 83.2 Å². The first-order chi connectivity index (χ1) is 21.2. The molecule has 7 unspecified atom stereocenters. The second-order valence-electron chi connectivity index (χ2n) is 11.8. The van der Waals surface area contributed by atoms with Crippen LogP contribution in [0.15, 0.2) is 41.9 Å². The molecule has 0 bridgehead atoms. The highest BCUT2D eigenvalue weighted by Gasteiger charge is 2.42. The maximum atomic E-state index is 13.9. The third kappa shape index (κ3) is 9.09. The van der Waals surface area contributed by atoms with Crippen LogP contribution in [0.1, 0.15) is 63.1 Å². The Hall–Kier alpha value is -2.86. The number of methoxy groups -OCH3 is 2. The quantitative estimate of drug-likeness (QED) is 0.275. The molecule has 1 fully saturated rings. The predicted molar refractivity (Wildman–Crippen MR) is 173 cm³/mol. The minimum atomic E-state index is -0.506. The van der Waals surface area contributed by atoms with E-state index in [4.69, 9.17) is 9.47 Å². The number of rotatable bonds is 17. The zero-order valence-electron chi connectivity index (χ0n) is 27.3. The summed E-state index contributed by atoms with van der Waals surface area (Å²) in [5.74, 6) is -0.614. The molecule has 0 spiro atoms. The van der Waals surface area contributed by atoms with Gasteiger partial charge in [-0.25, -0.2) is 4.98 Å². The van der Waals surface area contributed by atoms with Gasteiger partial charge in [-0.15, -0.1) is 11.3 Å². The lowest BCUT2D eigenvalue weighted by Gasteiger charge is -2.39. The van der Waals surface area contributed by atoms with E-state index in [2.05, 4.69) is 29.5 Å². The molecule has 244 valence electrons. The highest BCUT2D eigenvalue weighted by Crippen LogP contribution is 2.30. The molecule has 10 nitrogen and oxygen atoms in total. The number of nitrogens with one attached hydrogen (secondary N) is 2. The summed E-state index contributed by atoms with van der Waals surface area (Å²) in [4.78, 5) is 48.4. The number of amides is 3. The van der Waals surface area contributed by atoms with E-state index in [0.717, 1.165) is 29.8 Å². The maximum absolute atomic E-state index is 13.9. The average molecular weight is 630 g/mol. The molecule has 0 saturated carbocycles. The van der Waals surface area contributed by atoms with E-state index < -0.39 is 18.1 Å². The van der Waals surface area contributed by atoms with Crippen molar-refractivity contribution in [1.29, 1.82) is 0 Å². The van der Waals surface area contributed by atoms with Crippen LogP contribution in [-0.4, -0.2) is 98.2 Å². The first-order valence-electron chi connectivity index (χ1n) is 15.7. The summed E-state index contributed by atoms with van der Waals surface area (Å²) >= 11 is 1.52. The monoisotopic (exact) mass is 629 g/mol. The topological polar surface area (TPSA) is 113 Å². The molecule has 1 aromatic carbocycles. The zero-order valence-corrected chi connectivity index (χ0v) is 28.1. The summed E-state index contributed by atoms with van der Waals surface area (Å²) in [5.41, 5.74) is 1.11. The smallest absolute Gasteiger partial charge is 0.236 e. The molecular weight excluding hydrogens is 578 g/mol. The van der Waals surface area contributed by atoms with Crippen LogP contribution in [0.2, 0.25) is 0 Å². The fraction of sp³-hybridized carbons (Fsp3) is 0.636. The minimum absolute atomic E-state index is 0.0473. The maximum Gasteiger partial charge on any atom is 0.236 e. The molecule has 2 N–H and O–H groups in total. The fourth-order valence-electron chi connectivity index (χ4n) is 6.36. The lowest BCUT2D eigenvalue weighted by Crippen LogP contribution is -2.54. The van der Waals surface area contributed by atoms with Crippen LogP contribution in [0.4, 0.5) is 0 Å². The first kappa shape index (κ1) is 35.6. The van der Waals surface area contributed by atoms with Crippen LogP contribution in [0, 0.1) is 11.8 Å². The van der Waals surface area contributed by atoms with Gasteiger partial charge in [0.25, 0.3) is 0 Å². The first-order valence-corrected chi connectivity index (χ1v) is 16.5. The van der Waals surface area contributed by atoms with E-state index >= 15 is 0 Å². The third-order valence-electron chi connectivity index (χ3n) is 8.98. The third-order valence-corrected chi connectivity index (χ3v) is 9.87. The summed E-state index contributed by atoms with van der Waals surface area (Å²) < 4.78 is 11.8. The van der Waals surface area contributed by atoms with Crippen LogP contribution in [0.5, 0.6) is 0 Å². The Labute approximate surface area is 266 Å². The summed E-state index contributed by atoms with van der Waals surface area (Å²) in [5, 5.41) is 8.90. The van der Waals surface area contributed by atoms with E-state index in [1.807, 2.05) is 47.5 Å². The summed E-state index contributed by atoms with van der Waals surface area (Å²) in [7, 11) is 6.73. The minimum Gasteiger partial charge on any atom is -0.379 e. The lowest BCUT2D eigenvalue weighted by molar-refractivity contribution is -0.145. The largest absolute Gasteiger partial charge is 0.379 e. The van der Waals surface area contributed by atoms with E-state index in [-0.39, 0.29) is 54.7 Å². The Balaban J connectivity index is 1.74. The van der Waals surface area contributed by atoms with Gasteiger partial charge < -0.3 is 29.9 Å². The summed E-state index contributed by atoms with van der Waals surface area (Å²) in [6.07, 6.45) is 3.97. The number of carbonyl (C=O) groups is 3. The number of likely N-dealkylation sites (tertiary alicyclic amines) is 1. The second-order valence-corrected chi connectivity index (χ2v) is 12.7. The van der Waals surface area contributed by atoms with Crippen molar-refractivity contribution in [3.63, 3.8) is 0 Å². The zero-order chi connectivity index (χ0) is 32.2. The molecule has 7 atom stereocenters. The van der Waals surface area contributed by atoms with E-state index in [1.54, 1.807) is 39.4 Å². The SMILES string of the molecule is CCC(C)C(C(CC(=O)N1CCCC1C(OC)C(C)C(=O)NC(Cc1ccccc1)c1nccs1)OC)N(C)C(=O)CNC. The molecule has 44 heavy (non-hydrogen) atoms. The molecule has 0 aliphatic carbocycles. The number of hydrogen-bond acceptors (Lipinski definition) is 8. The lowest BCUT2D eigenvalue weighted by atomic mass is 9.90. The molecule has 0 radical (unpaired) electrons. The molecular formula is C33H51N5O5S. The molecule has 11 heteroatoms. The summed E-state index contributed by atoms with van der Waals surface area (Å²) in [6, 6.07) is 9.27.